The standard InChI is InChI=1S/C16H12F3N3O2/c1-23-11-6-3-8-14(15(11)24-2)20-7-21-16(8)22-10-5-4-9(17)12(18)13(10)19/h3-7H,1-2H3,(H,20,21,22). The highest BCUT2D eigenvalue weighted by Crippen LogP contribution is 2.36. The predicted molar refractivity (Wildman–Crippen MR) is 82.2 cm³/mol. The number of methoxy groups -OCH3 is 2. The van der Waals surface area contributed by atoms with Crippen LogP contribution in [0.15, 0.2) is 30.6 Å². The number of nitrogens with zero attached hydrogens (tertiary/aromatic N) is 2. The van der Waals surface area contributed by atoms with Gasteiger partial charge in [-0.15, -0.1) is 0 Å². The SMILES string of the molecule is COc1ccc2c(Nc3ccc(F)c(F)c3F)ncnc2c1OC. The van der Waals surface area contributed by atoms with Gasteiger partial charge in [-0.05, 0) is 24.3 Å². The van der Waals surface area contributed by atoms with Crippen LogP contribution in [0.5, 0.6) is 11.5 Å². The first-order chi connectivity index (χ1) is 11.6. The molecule has 2 aromatic carbocycles. The van der Waals surface area contributed by atoms with E-state index in [2.05, 4.69) is 15.3 Å². The molecule has 0 saturated heterocycles. The van der Waals surface area contributed by atoms with Crippen LogP contribution in [0.4, 0.5) is 24.7 Å². The lowest BCUT2D eigenvalue weighted by Gasteiger charge is -2.13. The van der Waals surface area contributed by atoms with Crippen molar-refractivity contribution in [3.63, 3.8) is 0 Å². The van der Waals surface area contributed by atoms with Crippen LogP contribution in [0.1, 0.15) is 0 Å². The van der Waals surface area contributed by atoms with E-state index in [4.69, 9.17) is 9.47 Å². The van der Waals surface area contributed by atoms with E-state index in [0.29, 0.717) is 22.4 Å². The molecule has 3 rings (SSSR count). The number of hydrogen-bond acceptors (Lipinski definition) is 5. The first-order valence-corrected chi connectivity index (χ1v) is 6.83. The Morgan fingerprint density at radius 1 is 0.917 bits per heavy atom. The van der Waals surface area contributed by atoms with Gasteiger partial charge >= 0.3 is 0 Å². The summed E-state index contributed by atoms with van der Waals surface area (Å²) >= 11 is 0. The maximum atomic E-state index is 13.8. The van der Waals surface area contributed by atoms with E-state index in [1.807, 2.05) is 0 Å². The Hall–Kier alpha value is -3.03. The highest BCUT2D eigenvalue weighted by molar-refractivity contribution is 5.95. The molecule has 1 aromatic heterocycles. The van der Waals surface area contributed by atoms with E-state index in [0.717, 1.165) is 12.1 Å². The van der Waals surface area contributed by atoms with Gasteiger partial charge in [0.05, 0.1) is 19.9 Å². The Morgan fingerprint density at radius 2 is 1.71 bits per heavy atom. The van der Waals surface area contributed by atoms with Crippen molar-refractivity contribution < 1.29 is 22.6 Å². The third-order valence-corrected chi connectivity index (χ3v) is 3.44. The highest BCUT2D eigenvalue weighted by Gasteiger charge is 2.17. The maximum Gasteiger partial charge on any atom is 0.196 e. The topological polar surface area (TPSA) is 56.3 Å². The van der Waals surface area contributed by atoms with Crippen molar-refractivity contribution in [1.29, 1.82) is 0 Å². The number of rotatable bonds is 4. The van der Waals surface area contributed by atoms with E-state index >= 15 is 0 Å². The molecule has 0 radical (unpaired) electrons. The minimum Gasteiger partial charge on any atom is -0.493 e. The molecule has 3 aromatic rings. The molecule has 1 heterocycles. The molecule has 0 saturated carbocycles. The molecule has 5 nitrogen and oxygen atoms in total. The van der Waals surface area contributed by atoms with Gasteiger partial charge in [0, 0.05) is 5.39 Å². The number of halogens is 3. The molecule has 0 amide bonds. The summed E-state index contributed by atoms with van der Waals surface area (Å²) < 4.78 is 50.7. The van der Waals surface area contributed by atoms with E-state index < -0.39 is 17.5 Å². The van der Waals surface area contributed by atoms with Crippen LogP contribution in [-0.4, -0.2) is 24.2 Å². The van der Waals surface area contributed by atoms with Gasteiger partial charge in [-0.25, -0.2) is 23.1 Å². The summed E-state index contributed by atoms with van der Waals surface area (Å²) in [5.74, 6) is -3.09. The smallest absolute Gasteiger partial charge is 0.196 e. The normalized spacial score (nSPS) is 10.7. The molecule has 0 aliphatic heterocycles. The van der Waals surface area contributed by atoms with E-state index in [1.54, 1.807) is 12.1 Å². The summed E-state index contributed by atoms with van der Waals surface area (Å²) in [6.45, 7) is 0. The molecule has 0 unspecified atom stereocenters. The Bertz CT molecular complexity index is 919. The molecule has 0 bridgehead atoms. The van der Waals surface area contributed by atoms with Crippen LogP contribution in [0.3, 0.4) is 0 Å². The van der Waals surface area contributed by atoms with Crippen LogP contribution in [-0.2, 0) is 0 Å². The van der Waals surface area contributed by atoms with Crippen LogP contribution < -0.4 is 14.8 Å². The summed E-state index contributed by atoms with van der Waals surface area (Å²) in [6, 6.07) is 5.20. The lowest BCUT2D eigenvalue weighted by Crippen LogP contribution is -2.02. The van der Waals surface area contributed by atoms with Crippen molar-refractivity contribution in [3.05, 3.63) is 48.0 Å². The second-order valence-electron chi connectivity index (χ2n) is 4.77. The van der Waals surface area contributed by atoms with E-state index in [-0.39, 0.29) is 11.5 Å². The van der Waals surface area contributed by atoms with Crippen molar-refractivity contribution in [1.82, 2.24) is 9.97 Å². The molecule has 0 aliphatic rings. The summed E-state index contributed by atoms with van der Waals surface area (Å²) in [5, 5.41) is 3.14. The molecule has 8 heteroatoms. The summed E-state index contributed by atoms with van der Waals surface area (Å²) in [7, 11) is 2.95. The first-order valence-electron chi connectivity index (χ1n) is 6.83. The van der Waals surface area contributed by atoms with Crippen molar-refractivity contribution in [3.8, 4) is 11.5 Å². The van der Waals surface area contributed by atoms with E-state index in [9.17, 15) is 13.2 Å². The molecule has 0 spiro atoms. The Balaban J connectivity index is 2.13. The quantitative estimate of drug-likeness (QED) is 0.735. The largest absolute Gasteiger partial charge is 0.493 e. The summed E-state index contributed by atoms with van der Waals surface area (Å²) in [5.41, 5.74) is 0.182. The van der Waals surface area contributed by atoms with Crippen molar-refractivity contribution in [2.24, 2.45) is 0 Å². The maximum absolute atomic E-state index is 13.8. The molecule has 0 fully saturated rings. The lowest BCUT2D eigenvalue weighted by atomic mass is 10.2. The molecule has 124 valence electrons. The van der Waals surface area contributed by atoms with E-state index in [1.165, 1.54) is 20.5 Å². The van der Waals surface area contributed by atoms with Gasteiger partial charge in [-0.2, -0.15) is 0 Å². The van der Waals surface area contributed by atoms with Crippen LogP contribution in [0.25, 0.3) is 10.9 Å². The van der Waals surface area contributed by atoms with Crippen LogP contribution in [0.2, 0.25) is 0 Å². The fraction of sp³-hybridized carbons (Fsp3) is 0.125. The Morgan fingerprint density at radius 3 is 2.42 bits per heavy atom. The monoisotopic (exact) mass is 335 g/mol. The van der Waals surface area contributed by atoms with Gasteiger partial charge in [0.1, 0.15) is 17.7 Å². The van der Waals surface area contributed by atoms with Gasteiger partial charge in [-0.1, -0.05) is 0 Å². The predicted octanol–water partition coefficient (Wildman–Crippen LogP) is 3.81. The van der Waals surface area contributed by atoms with Gasteiger partial charge in [0.2, 0.25) is 0 Å². The molecule has 24 heavy (non-hydrogen) atoms. The van der Waals surface area contributed by atoms with Crippen molar-refractivity contribution in [2.75, 3.05) is 19.5 Å². The number of aromatic nitrogens is 2. The average Bonchev–Trinajstić information content (AvgIpc) is 2.61. The summed E-state index contributed by atoms with van der Waals surface area (Å²) in [4.78, 5) is 8.16. The molecule has 0 atom stereocenters. The van der Waals surface area contributed by atoms with Crippen LogP contribution >= 0.6 is 0 Å². The molecule has 1 N–H and O–H groups in total. The fourth-order valence-electron chi connectivity index (χ4n) is 2.29. The van der Waals surface area contributed by atoms with Gasteiger partial charge < -0.3 is 14.8 Å². The average molecular weight is 335 g/mol. The number of anilines is 2. The third-order valence-electron chi connectivity index (χ3n) is 3.44. The van der Waals surface area contributed by atoms with Crippen molar-refractivity contribution in [2.45, 2.75) is 0 Å². The molecular formula is C16H12F3N3O2. The first kappa shape index (κ1) is 15.9. The Kier molecular flexibility index (Phi) is 4.11. The minimum atomic E-state index is -1.56. The Labute approximate surface area is 135 Å². The second-order valence-corrected chi connectivity index (χ2v) is 4.77. The van der Waals surface area contributed by atoms with Crippen LogP contribution in [0, 0.1) is 17.5 Å². The number of benzene rings is 2. The van der Waals surface area contributed by atoms with Gasteiger partial charge in [-0.3, -0.25) is 0 Å². The lowest BCUT2D eigenvalue weighted by molar-refractivity contribution is 0.358. The summed E-state index contributed by atoms with van der Waals surface area (Å²) in [6.07, 6.45) is 1.24. The zero-order chi connectivity index (χ0) is 17.3. The third kappa shape index (κ3) is 2.55. The van der Waals surface area contributed by atoms with Crippen molar-refractivity contribution >= 4 is 22.4 Å². The fourth-order valence-corrected chi connectivity index (χ4v) is 2.29. The number of fused-ring (bicyclic) bond motifs is 1. The minimum absolute atomic E-state index is 0.214. The zero-order valence-corrected chi connectivity index (χ0v) is 12.7. The van der Waals surface area contributed by atoms with Gasteiger partial charge in [0.15, 0.2) is 29.0 Å². The number of ether oxygens (including phenoxy) is 2. The number of nitrogens with one attached hydrogen (secondary N) is 1. The number of hydrogen-bond donors (Lipinski definition) is 1. The van der Waals surface area contributed by atoms with Gasteiger partial charge in [0.25, 0.3) is 0 Å². The second kappa shape index (κ2) is 6.23. The highest BCUT2D eigenvalue weighted by atomic mass is 19.2. The zero-order valence-electron chi connectivity index (χ0n) is 12.7. The molecular weight excluding hydrogens is 323 g/mol. The molecule has 0 aliphatic carbocycles.